The zero-order chi connectivity index (χ0) is 17.8. The van der Waals surface area contributed by atoms with Gasteiger partial charge >= 0.3 is 6.03 Å². The number of urea groups is 1. The van der Waals surface area contributed by atoms with E-state index < -0.39 is 0 Å². The lowest BCUT2D eigenvalue weighted by Gasteiger charge is -2.18. The molecule has 0 radical (unpaired) electrons. The molecule has 1 aromatic heterocycles. The molecule has 0 unspecified atom stereocenters. The molecule has 0 aliphatic carbocycles. The number of amides is 2. The highest BCUT2D eigenvalue weighted by Crippen LogP contribution is 2.22. The third-order valence-electron chi connectivity index (χ3n) is 4.76. The number of aryl methyl sites for hydroxylation is 2. The van der Waals surface area contributed by atoms with Crippen LogP contribution in [0.5, 0.6) is 0 Å². The molecule has 0 spiro atoms. The van der Waals surface area contributed by atoms with Gasteiger partial charge in [-0.2, -0.15) is 0 Å². The number of benzene rings is 1. The molecule has 6 nitrogen and oxygen atoms in total. The van der Waals surface area contributed by atoms with Gasteiger partial charge < -0.3 is 15.2 Å². The van der Waals surface area contributed by atoms with Gasteiger partial charge in [-0.3, -0.25) is 4.90 Å². The number of likely N-dealkylation sites (tertiary alicyclic amines) is 1. The van der Waals surface area contributed by atoms with E-state index in [1.807, 2.05) is 19.9 Å². The topological polar surface area (TPSA) is 70.4 Å². The van der Waals surface area contributed by atoms with Crippen molar-refractivity contribution in [2.75, 3.05) is 18.4 Å². The van der Waals surface area contributed by atoms with Gasteiger partial charge in [-0.25, -0.2) is 4.79 Å². The number of hydrogen-bond donors (Lipinski definition) is 2. The van der Waals surface area contributed by atoms with E-state index in [2.05, 4.69) is 51.9 Å². The summed E-state index contributed by atoms with van der Waals surface area (Å²) >= 11 is 0. The van der Waals surface area contributed by atoms with Gasteiger partial charge in [-0.05, 0) is 24.8 Å². The van der Waals surface area contributed by atoms with Crippen molar-refractivity contribution in [1.29, 1.82) is 0 Å². The highest BCUT2D eigenvalue weighted by Gasteiger charge is 2.31. The first-order valence-corrected chi connectivity index (χ1v) is 8.85. The number of nitrogens with zero attached hydrogens (tertiary/aromatic N) is 2. The maximum atomic E-state index is 12.4. The first kappa shape index (κ1) is 17.5. The zero-order valence-electron chi connectivity index (χ0n) is 15.1. The number of nitrogens with one attached hydrogen (secondary N) is 2. The van der Waals surface area contributed by atoms with E-state index in [0.29, 0.717) is 17.4 Å². The van der Waals surface area contributed by atoms with Crippen molar-refractivity contribution in [3.63, 3.8) is 0 Å². The van der Waals surface area contributed by atoms with Crippen LogP contribution < -0.4 is 10.6 Å². The van der Waals surface area contributed by atoms with E-state index in [1.54, 1.807) is 0 Å². The van der Waals surface area contributed by atoms with Gasteiger partial charge in [0.05, 0.1) is 0 Å². The second-order valence-corrected chi connectivity index (χ2v) is 6.78. The summed E-state index contributed by atoms with van der Waals surface area (Å²) < 4.78 is 5.16. The predicted molar refractivity (Wildman–Crippen MR) is 97.4 cm³/mol. The van der Waals surface area contributed by atoms with Gasteiger partial charge in [-0.15, -0.1) is 0 Å². The van der Waals surface area contributed by atoms with E-state index in [9.17, 15) is 4.79 Å². The Bertz CT molecular complexity index is 713. The van der Waals surface area contributed by atoms with Crippen LogP contribution in [0.25, 0.3) is 0 Å². The maximum absolute atomic E-state index is 12.4. The van der Waals surface area contributed by atoms with Crippen LogP contribution in [-0.2, 0) is 13.0 Å². The Kier molecular flexibility index (Phi) is 5.38. The van der Waals surface area contributed by atoms with Crippen molar-refractivity contribution in [1.82, 2.24) is 15.4 Å². The molecule has 2 atom stereocenters. The zero-order valence-corrected chi connectivity index (χ0v) is 15.1. The van der Waals surface area contributed by atoms with Crippen LogP contribution in [0.2, 0.25) is 0 Å². The molecule has 3 rings (SSSR count). The summed E-state index contributed by atoms with van der Waals surface area (Å²) in [6.07, 6.45) is 0.720. The Hall–Kier alpha value is -2.34. The molecule has 0 saturated carbocycles. The fourth-order valence-corrected chi connectivity index (χ4v) is 3.36. The predicted octanol–water partition coefficient (Wildman–Crippen LogP) is 3.19. The van der Waals surface area contributed by atoms with Crippen molar-refractivity contribution in [2.45, 2.75) is 39.8 Å². The average Bonchev–Trinajstić information content (AvgIpc) is 3.11. The van der Waals surface area contributed by atoms with Crippen LogP contribution in [-0.4, -0.2) is 35.2 Å². The monoisotopic (exact) mass is 342 g/mol. The van der Waals surface area contributed by atoms with E-state index in [-0.39, 0.29) is 12.1 Å². The molecular weight excluding hydrogens is 316 g/mol. The molecule has 2 heterocycles. The minimum atomic E-state index is -0.195. The Morgan fingerprint density at radius 2 is 2.08 bits per heavy atom. The molecule has 1 aliphatic rings. The van der Waals surface area contributed by atoms with E-state index >= 15 is 0 Å². The fraction of sp³-hybridized carbons (Fsp3) is 0.474. The normalized spacial score (nSPS) is 20.6. The quantitative estimate of drug-likeness (QED) is 0.875. The number of rotatable bonds is 5. The summed E-state index contributed by atoms with van der Waals surface area (Å²) in [5, 5.41) is 9.96. The average molecular weight is 342 g/mol. The standard InChI is InChI=1S/C19H26N4O2/c1-4-16-18(14(3)25-22-16)21-19(24)20-17-12-23(10-13(17)2)11-15-8-6-5-7-9-15/h5-9,13,17H,4,10-12H2,1-3H3,(H2,20,21,24)/t13-,17+/m0/s1. The highest BCUT2D eigenvalue weighted by atomic mass is 16.5. The van der Waals surface area contributed by atoms with Crippen LogP contribution >= 0.6 is 0 Å². The molecule has 2 amide bonds. The summed E-state index contributed by atoms with van der Waals surface area (Å²) in [6, 6.07) is 10.4. The van der Waals surface area contributed by atoms with Gasteiger partial charge in [0.2, 0.25) is 0 Å². The molecular formula is C19H26N4O2. The molecule has 25 heavy (non-hydrogen) atoms. The van der Waals surface area contributed by atoms with Crippen molar-refractivity contribution < 1.29 is 9.32 Å². The summed E-state index contributed by atoms with van der Waals surface area (Å²) in [5.41, 5.74) is 2.76. The van der Waals surface area contributed by atoms with Crippen molar-refractivity contribution in [3.8, 4) is 0 Å². The van der Waals surface area contributed by atoms with Crippen molar-refractivity contribution in [2.24, 2.45) is 5.92 Å². The molecule has 2 N–H and O–H groups in total. The van der Waals surface area contributed by atoms with Gasteiger partial charge in [0.15, 0.2) is 5.76 Å². The molecule has 2 aromatic rings. The van der Waals surface area contributed by atoms with Crippen LogP contribution in [0.15, 0.2) is 34.9 Å². The van der Waals surface area contributed by atoms with Crippen molar-refractivity contribution in [3.05, 3.63) is 47.3 Å². The smallest absolute Gasteiger partial charge is 0.319 e. The van der Waals surface area contributed by atoms with Gasteiger partial charge in [0, 0.05) is 25.7 Å². The summed E-state index contributed by atoms with van der Waals surface area (Å²) in [4.78, 5) is 14.8. The van der Waals surface area contributed by atoms with Gasteiger partial charge in [-0.1, -0.05) is 49.3 Å². The summed E-state index contributed by atoms with van der Waals surface area (Å²) in [5.74, 6) is 1.04. The Morgan fingerprint density at radius 3 is 2.80 bits per heavy atom. The molecule has 0 bridgehead atoms. The van der Waals surface area contributed by atoms with Gasteiger partial charge in [0.1, 0.15) is 11.4 Å². The summed E-state index contributed by atoms with van der Waals surface area (Å²) in [6.45, 7) is 8.72. The SMILES string of the molecule is CCc1noc(C)c1NC(=O)N[C@@H]1CN(Cc2ccccc2)C[C@@H]1C. The largest absolute Gasteiger partial charge is 0.359 e. The van der Waals surface area contributed by atoms with E-state index in [4.69, 9.17) is 4.52 Å². The molecule has 1 fully saturated rings. The lowest BCUT2D eigenvalue weighted by Crippen LogP contribution is -2.42. The Labute approximate surface area is 148 Å². The van der Waals surface area contributed by atoms with E-state index in [1.165, 1.54) is 5.56 Å². The molecule has 1 saturated heterocycles. The van der Waals surface area contributed by atoms with E-state index in [0.717, 1.165) is 31.7 Å². The lowest BCUT2D eigenvalue weighted by molar-refractivity contribution is 0.246. The summed E-state index contributed by atoms with van der Waals surface area (Å²) in [7, 11) is 0. The minimum absolute atomic E-state index is 0.133. The fourth-order valence-electron chi connectivity index (χ4n) is 3.36. The van der Waals surface area contributed by atoms with Crippen LogP contribution in [0.4, 0.5) is 10.5 Å². The molecule has 1 aromatic carbocycles. The first-order valence-electron chi connectivity index (χ1n) is 8.85. The van der Waals surface area contributed by atoms with Gasteiger partial charge in [0.25, 0.3) is 0 Å². The number of hydrogen-bond acceptors (Lipinski definition) is 4. The maximum Gasteiger partial charge on any atom is 0.319 e. The second kappa shape index (κ2) is 7.70. The lowest BCUT2D eigenvalue weighted by atomic mass is 10.1. The van der Waals surface area contributed by atoms with Crippen LogP contribution in [0, 0.1) is 12.8 Å². The Balaban J connectivity index is 1.55. The second-order valence-electron chi connectivity index (χ2n) is 6.78. The third kappa shape index (κ3) is 4.20. The number of carbonyl (C=O) groups is 1. The van der Waals surface area contributed by atoms with Crippen molar-refractivity contribution >= 4 is 11.7 Å². The minimum Gasteiger partial charge on any atom is -0.359 e. The molecule has 1 aliphatic heterocycles. The number of carbonyl (C=O) groups excluding carboxylic acids is 1. The number of anilines is 1. The number of aromatic nitrogens is 1. The molecule has 134 valence electrons. The van der Waals surface area contributed by atoms with Crippen LogP contribution in [0.1, 0.15) is 30.9 Å². The first-order chi connectivity index (χ1) is 12.1. The molecule has 6 heteroatoms. The third-order valence-corrected chi connectivity index (χ3v) is 4.76. The highest BCUT2D eigenvalue weighted by molar-refractivity contribution is 5.90. The Morgan fingerprint density at radius 1 is 1.32 bits per heavy atom. The van der Waals surface area contributed by atoms with Crippen LogP contribution in [0.3, 0.4) is 0 Å².